The van der Waals surface area contributed by atoms with E-state index in [2.05, 4.69) is 5.32 Å². The molecule has 0 bridgehead atoms. The molecule has 0 saturated carbocycles. The number of hydrogen-bond acceptors (Lipinski definition) is 3. The molecule has 0 spiro atoms. The average molecular weight is 376 g/mol. The molecule has 0 aliphatic heterocycles. The van der Waals surface area contributed by atoms with E-state index in [4.69, 9.17) is 11.6 Å². The first-order valence-corrected chi connectivity index (χ1v) is 9.41. The third-order valence-electron chi connectivity index (χ3n) is 3.37. The second kappa shape index (κ2) is 8.54. The molecule has 0 saturated heterocycles. The van der Waals surface area contributed by atoms with Gasteiger partial charge in [-0.1, -0.05) is 32.4 Å². The number of carbonyl (C=O) groups is 2. The zero-order chi connectivity index (χ0) is 18.4. The zero-order valence-corrected chi connectivity index (χ0v) is 16.2. The number of anilines is 1. The number of hydrogen-bond donors (Lipinski definition) is 1. The topological polar surface area (TPSA) is 46.2 Å². The van der Waals surface area contributed by atoms with Crippen molar-refractivity contribution >= 4 is 40.7 Å². The van der Waals surface area contributed by atoms with Crippen LogP contribution in [-0.2, 0) is 4.79 Å². The van der Waals surface area contributed by atoms with Gasteiger partial charge >= 0.3 is 0 Å². The highest BCUT2D eigenvalue weighted by Gasteiger charge is 2.15. The van der Waals surface area contributed by atoms with Crippen molar-refractivity contribution < 1.29 is 9.59 Å². The van der Waals surface area contributed by atoms with Crippen LogP contribution >= 0.6 is 23.4 Å². The van der Waals surface area contributed by atoms with Gasteiger partial charge in [-0.25, -0.2) is 0 Å². The quantitative estimate of drug-likeness (QED) is 0.521. The molecule has 1 N–H and O–H groups in total. The van der Waals surface area contributed by atoms with E-state index in [1.54, 1.807) is 24.3 Å². The van der Waals surface area contributed by atoms with Crippen LogP contribution in [0.1, 0.15) is 37.6 Å². The van der Waals surface area contributed by atoms with Crippen molar-refractivity contribution in [2.24, 2.45) is 5.41 Å². The predicted octanol–water partition coefficient (Wildman–Crippen LogP) is 5.69. The summed E-state index contributed by atoms with van der Waals surface area (Å²) in [4.78, 5) is 25.1. The molecule has 3 nitrogen and oxygen atoms in total. The molecule has 0 radical (unpaired) electrons. The maximum Gasteiger partial charge on any atom is 0.224 e. The van der Waals surface area contributed by atoms with Crippen LogP contribution in [0.5, 0.6) is 0 Å². The number of Topliss-reactive ketones (excluding diaryl/α,β-unsaturated/α-hetero) is 1. The molecule has 0 atom stereocenters. The fourth-order valence-electron chi connectivity index (χ4n) is 2.19. The molecular formula is C20H22ClNO2S. The van der Waals surface area contributed by atoms with Gasteiger partial charge in [0.25, 0.3) is 0 Å². The lowest BCUT2D eigenvalue weighted by Gasteiger charge is -2.17. The summed E-state index contributed by atoms with van der Waals surface area (Å²) in [6.45, 7) is 6.10. The summed E-state index contributed by atoms with van der Waals surface area (Å²) in [5, 5.41) is 3.51. The second-order valence-electron chi connectivity index (χ2n) is 7.03. The minimum Gasteiger partial charge on any atom is -0.326 e. The smallest absolute Gasteiger partial charge is 0.224 e. The molecule has 25 heavy (non-hydrogen) atoms. The Morgan fingerprint density at radius 2 is 1.60 bits per heavy atom. The number of carbonyl (C=O) groups excluding carboxylic acids is 2. The lowest BCUT2D eigenvalue weighted by Crippen LogP contribution is -2.19. The number of halogens is 1. The molecule has 132 valence electrons. The fourth-order valence-corrected chi connectivity index (χ4v) is 3.11. The van der Waals surface area contributed by atoms with Crippen molar-refractivity contribution in [3.63, 3.8) is 0 Å². The maximum atomic E-state index is 12.2. The van der Waals surface area contributed by atoms with Gasteiger partial charge in [0.1, 0.15) is 0 Å². The Hall–Kier alpha value is -1.78. The van der Waals surface area contributed by atoms with Crippen LogP contribution in [0, 0.1) is 5.41 Å². The van der Waals surface area contributed by atoms with Gasteiger partial charge in [-0.2, -0.15) is 0 Å². The maximum absolute atomic E-state index is 12.2. The van der Waals surface area contributed by atoms with Crippen LogP contribution in [0.15, 0.2) is 53.4 Å². The normalized spacial score (nSPS) is 11.2. The third-order valence-corrected chi connectivity index (χ3v) is 4.63. The first-order chi connectivity index (χ1) is 11.7. The van der Waals surface area contributed by atoms with E-state index in [1.807, 2.05) is 45.0 Å². The third kappa shape index (κ3) is 6.92. The Labute approximate surface area is 158 Å². The van der Waals surface area contributed by atoms with Gasteiger partial charge in [-0.15, -0.1) is 11.8 Å². The van der Waals surface area contributed by atoms with Crippen molar-refractivity contribution in [2.45, 2.75) is 32.1 Å². The standard InChI is InChI=1S/C20H22ClNO2S/c1-20(2,3)12-19(24)22-16-8-10-17(11-9-16)25-13-18(23)14-4-6-15(21)7-5-14/h4-11H,12-13H2,1-3H3,(H,22,24). The van der Waals surface area contributed by atoms with Gasteiger partial charge < -0.3 is 5.32 Å². The molecule has 0 fully saturated rings. The van der Waals surface area contributed by atoms with E-state index in [-0.39, 0.29) is 17.1 Å². The zero-order valence-electron chi connectivity index (χ0n) is 14.6. The molecule has 2 aromatic carbocycles. The van der Waals surface area contributed by atoms with Gasteiger partial charge in [0.2, 0.25) is 5.91 Å². The SMILES string of the molecule is CC(C)(C)CC(=O)Nc1ccc(SCC(=O)c2ccc(Cl)cc2)cc1. The summed E-state index contributed by atoms with van der Waals surface area (Å²) in [5.41, 5.74) is 1.38. The largest absolute Gasteiger partial charge is 0.326 e. The van der Waals surface area contributed by atoms with E-state index < -0.39 is 0 Å². The van der Waals surface area contributed by atoms with E-state index in [9.17, 15) is 9.59 Å². The Kier molecular flexibility index (Phi) is 6.68. The number of ketones is 1. The number of nitrogens with one attached hydrogen (secondary N) is 1. The molecule has 5 heteroatoms. The summed E-state index contributed by atoms with van der Waals surface area (Å²) in [7, 11) is 0. The minimum atomic E-state index is -0.0398. The minimum absolute atomic E-state index is 0.00539. The molecular weight excluding hydrogens is 354 g/mol. The Morgan fingerprint density at radius 3 is 2.16 bits per heavy atom. The van der Waals surface area contributed by atoms with Crippen molar-refractivity contribution in [1.29, 1.82) is 0 Å². The predicted molar refractivity (Wildman–Crippen MR) is 106 cm³/mol. The molecule has 1 amide bonds. The van der Waals surface area contributed by atoms with E-state index >= 15 is 0 Å². The Morgan fingerprint density at radius 1 is 1.00 bits per heavy atom. The molecule has 0 aliphatic rings. The van der Waals surface area contributed by atoms with Crippen LogP contribution in [-0.4, -0.2) is 17.4 Å². The van der Waals surface area contributed by atoms with Gasteiger partial charge in [0.15, 0.2) is 5.78 Å². The highest BCUT2D eigenvalue weighted by atomic mass is 35.5. The van der Waals surface area contributed by atoms with E-state index in [1.165, 1.54) is 11.8 Å². The summed E-state index contributed by atoms with van der Waals surface area (Å²) >= 11 is 7.30. The fraction of sp³-hybridized carbons (Fsp3) is 0.300. The van der Waals surface area contributed by atoms with E-state index in [0.29, 0.717) is 22.8 Å². The van der Waals surface area contributed by atoms with Gasteiger partial charge in [0.05, 0.1) is 5.75 Å². The van der Waals surface area contributed by atoms with Crippen molar-refractivity contribution in [2.75, 3.05) is 11.1 Å². The number of amides is 1. The average Bonchev–Trinajstić information content (AvgIpc) is 2.53. The van der Waals surface area contributed by atoms with Crippen molar-refractivity contribution in [3.05, 3.63) is 59.1 Å². The van der Waals surface area contributed by atoms with Crippen LogP contribution in [0.4, 0.5) is 5.69 Å². The molecule has 0 unspecified atom stereocenters. The number of rotatable bonds is 6. The highest BCUT2D eigenvalue weighted by molar-refractivity contribution is 8.00. The first kappa shape index (κ1) is 19.5. The molecule has 0 aliphatic carbocycles. The van der Waals surface area contributed by atoms with Gasteiger partial charge in [-0.05, 0) is 53.9 Å². The number of benzene rings is 2. The second-order valence-corrected chi connectivity index (χ2v) is 8.51. The summed E-state index contributed by atoms with van der Waals surface area (Å²) in [6, 6.07) is 14.4. The Bertz CT molecular complexity index is 734. The molecule has 0 aromatic heterocycles. The van der Waals surface area contributed by atoms with Crippen LogP contribution < -0.4 is 5.32 Å². The Balaban J connectivity index is 1.87. The summed E-state index contributed by atoms with van der Waals surface area (Å²) < 4.78 is 0. The van der Waals surface area contributed by atoms with Gasteiger partial charge in [-0.3, -0.25) is 9.59 Å². The monoisotopic (exact) mass is 375 g/mol. The van der Waals surface area contributed by atoms with Crippen molar-refractivity contribution in [1.82, 2.24) is 0 Å². The van der Waals surface area contributed by atoms with Crippen LogP contribution in [0.25, 0.3) is 0 Å². The first-order valence-electron chi connectivity index (χ1n) is 8.04. The van der Waals surface area contributed by atoms with E-state index in [0.717, 1.165) is 10.6 Å². The highest BCUT2D eigenvalue weighted by Crippen LogP contribution is 2.23. The summed E-state index contributed by atoms with van der Waals surface area (Å²) in [6.07, 6.45) is 0.471. The number of thioether (sulfide) groups is 1. The van der Waals surface area contributed by atoms with Gasteiger partial charge in [0, 0.05) is 27.6 Å². The van der Waals surface area contributed by atoms with Crippen molar-refractivity contribution in [3.8, 4) is 0 Å². The lowest BCUT2D eigenvalue weighted by molar-refractivity contribution is -0.117. The summed E-state index contributed by atoms with van der Waals surface area (Å²) in [5.74, 6) is 0.423. The molecule has 2 rings (SSSR count). The van der Waals surface area contributed by atoms with Crippen LogP contribution in [0.2, 0.25) is 5.02 Å². The lowest BCUT2D eigenvalue weighted by atomic mass is 9.92. The molecule has 2 aromatic rings. The molecule has 0 heterocycles. The van der Waals surface area contributed by atoms with Crippen LogP contribution in [0.3, 0.4) is 0 Å².